The van der Waals surface area contributed by atoms with Crippen molar-refractivity contribution in [3.05, 3.63) is 64.4 Å². The molecule has 2 aromatic carbocycles. The number of halogens is 1. The minimum absolute atomic E-state index is 0.0641. The largest absolute Gasteiger partial charge is 0.497 e. The summed E-state index contributed by atoms with van der Waals surface area (Å²) < 4.78 is 11.0. The molecule has 1 aromatic heterocycles. The van der Waals surface area contributed by atoms with E-state index in [0.717, 1.165) is 29.7 Å². The lowest BCUT2D eigenvalue weighted by Gasteiger charge is -2.16. The Morgan fingerprint density at radius 1 is 1.23 bits per heavy atom. The van der Waals surface area contributed by atoms with Crippen LogP contribution in [0.2, 0.25) is 5.02 Å². The lowest BCUT2D eigenvalue weighted by atomic mass is 9.98. The van der Waals surface area contributed by atoms with Crippen molar-refractivity contribution in [3.8, 4) is 5.75 Å². The van der Waals surface area contributed by atoms with Gasteiger partial charge in [-0.25, -0.2) is 0 Å². The smallest absolute Gasteiger partial charge is 0.289 e. The molecule has 1 saturated heterocycles. The number of likely N-dealkylation sites (tertiary alicyclic amines) is 1. The fraction of sp³-hybridized carbons (Fsp3) is 0.286. The van der Waals surface area contributed by atoms with E-state index < -0.39 is 0 Å². The molecule has 2 heterocycles. The zero-order valence-electron chi connectivity index (χ0n) is 14.8. The molecule has 0 spiro atoms. The number of nitrogens with zero attached hydrogens (tertiary/aromatic N) is 1. The summed E-state index contributed by atoms with van der Waals surface area (Å²) in [6, 6.07) is 13.7. The number of hydrogen-bond donors (Lipinski definition) is 0. The quantitative estimate of drug-likeness (QED) is 0.650. The summed E-state index contributed by atoms with van der Waals surface area (Å²) in [5.41, 5.74) is 2.66. The number of hydrogen-bond acceptors (Lipinski definition) is 3. The van der Waals surface area contributed by atoms with Gasteiger partial charge in [0.15, 0.2) is 11.3 Å². The van der Waals surface area contributed by atoms with Crippen LogP contribution in [0.4, 0.5) is 0 Å². The first-order valence-corrected chi connectivity index (χ1v) is 9.07. The summed E-state index contributed by atoms with van der Waals surface area (Å²) in [5, 5.41) is 1.42. The van der Waals surface area contributed by atoms with E-state index in [1.807, 2.05) is 36.1 Å². The second-order valence-corrected chi connectivity index (χ2v) is 7.09. The van der Waals surface area contributed by atoms with Crippen LogP contribution in [-0.4, -0.2) is 31.0 Å². The van der Waals surface area contributed by atoms with Gasteiger partial charge in [-0.05, 0) is 37.1 Å². The van der Waals surface area contributed by atoms with Crippen LogP contribution < -0.4 is 4.74 Å². The van der Waals surface area contributed by atoms with Gasteiger partial charge in [0.25, 0.3) is 5.91 Å². The lowest BCUT2D eigenvalue weighted by Crippen LogP contribution is -2.28. The van der Waals surface area contributed by atoms with Crippen molar-refractivity contribution in [1.82, 2.24) is 4.90 Å². The van der Waals surface area contributed by atoms with Crippen LogP contribution in [0.25, 0.3) is 11.0 Å². The molecular weight excluding hydrogens is 350 g/mol. The number of carbonyl (C=O) groups excluding carboxylic acids is 1. The maximum atomic E-state index is 13.0. The predicted octanol–water partition coefficient (Wildman–Crippen LogP) is 5.03. The summed E-state index contributed by atoms with van der Waals surface area (Å²) in [4.78, 5) is 14.9. The highest BCUT2D eigenvalue weighted by atomic mass is 35.5. The van der Waals surface area contributed by atoms with Crippen molar-refractivity contribution in [3.63, 3.8) is 0 Å². The van der Waals surface area contributed by atoms with Gasteiger partial charge in [-0.15, -0.1) is 0 Å². The van der Waals surface area contributed by atoms with Crippen LogP contribution in [0.5, 0.6) is 5.75 Å². The summed E-state index contributed by atoms with van der Waals surface area (Å²) in [7, 11) is 1.66. The molecule has 3 aromatic rings. The molecule has 1 fully saturated rings. The molecule has 0 radical (unpaired) electrons. The number of aryl methyl sites for hydroxylation is 1. The van der Waals surface area contributed by atoms with Crippen molar-refractivity contribution in [2.75, 3.05) is 20.2 Å². The van der Waals surface area contributed by atoms with Crippen LogP contribution in [0.3, 0.4) is 0 Å². The fourth-order valence-electron chi connectivity index (χ4n) is 3.65. The predicted molar refractivity (Wildman–Crippen MR) is 102 cm³/mol. The van der Waals surface area contributed by atoms with Crippen molar-refractivity contribution >= 4 is 28.5 Å². The van der Waals surface area contributed by atoms with E-state index in [9.17, 15) is 4.79 Å². The molecule has 26 heavy (non-hydrogen) atoms. The molecule has 4 rings (SSSR count). The first-order chi connectivity index (χ1) is 12.6. The van der Waals surface area contributed by atoms with Crippen molar-refractivity contribution in [2.24, 2.45) is 0 Å². The topological polar surface area (TPSA) is 42.7 Å². The number of methoxy groups -OCH3 is 1. The van der Waals surface area contributed by atoms with Gasteiger partial charge in [0.05, 0.1) is 12.1 Å². The Morgan fingerprint density at radius 2 is 2.00 bits per heavy atom. The van der Waals surface area contributed by atoms with Crippen LogP contribution in [0, 0.1) is 6.92 Å². The number of fused-ring (bicyclic) bond motifs is 1. The van der Waals surface area contributed by atoms with E-state index >= 15 is 0 Å². The van der Waals surface area contributed by atoms with Crippen LogP contribution in [0.15, 0.2) is 46.9 Å². The number of ether oxygens (including phenoxy) is 1. The third-order valence-electron chi connectivity index (χ3n) is 5.17. The van der Waals surface area contributed by atoms with Gasteiger partial charge < -0.3 is 14.1 Å². The zero-order valence-corrected chi connectivity index (χ0v) is 15.5. The van der Waals surface area contributed by atoms with E-state index in [-0.39, 0.29) is 5.91 Å². The Labute approximate surface area is 157 Å². The first-order valence-electron chi connectivity index (χ1n) is 8.69. The average molecular weight is 370 g/mol. The van der Waals surface area contributed by atoms with Crippen LogP contribution in [-0.2, 0) is 0 Å². The minimum Gasteiger partial charge on any atom is -0.497 e. The lowest BCUT2D eigenvalue weighted by molar-refractivity contribution is 0.0760. The van der Waals surface area contributed by atoms with Gasteiger partial charge in [-0.2, -0.15) is 0 Å². The molecule has 1 aliphatic rings. The normalized spacial score (nSPS) is 17.0. The Bertz CT molecular complexity index is 961. The Kier molecular flexibility index (Phi) is 4.37. The van der Waals surface area contributed by atoms with E-state index in [1.54, 1.807) is 13.2 Å². The SMILES string of the molecule is COc1ccc(C2CCN(C(=O)c3oc4c(Cl)cccc4c3C)C2)cc1. The molecule has 1 unspecified atom stereocenters. The second-order valence-electron chi connectivity index (χ2n) is 6.68. The summed E-state index contributed by atoms with van der Waals surface area (Å²) in [6.45, 7) is 3.32. The zero-order chi connectivity index (χ0) is 18.3. The molecule has 1 aliphatic heterocycles. The van der Waals surface area contributed by atoms with Crippen molar-refractivity contribution in [1.29, 1.82) is 0 Å². The number of amides is 1. The molecule has 134 valence electrons. The number of benzene rings is 2. The summed E-state index contributed by atoms with van der Waals surface area (Å²) in [6.07, 6.45) is 0.943. The maximum absolute atomic E-state index is 13.0. The van der Waals surface area contributed by atoms with Gasteiger partial charge in [-0.1, -0.05) is 35.9 Å². The maximum Gasteiger partial charge on any atom is 0.289 e. The molecule has 0 bridgehead atoms. The molecule has 1 atom stereocenters. The van der Waals surface area contributed by atoms with Gasteiger partial charge in [0.1, 0.15) is 5.75 Å². The molecule has 0 N–H and O–H groups in total. The van der Waals surface area contributed by atoms with Gasteiger partial charge in [0, 0.05) is 30.0 Å². The average Bonchev–Trinajstić information content (AvgIpc) is 3.28. The molecule has 0 saturated carbocycles. The Balaban J connectivity index is 1.56. The Hall–Kier alpha value is -2.46. The molecule has 0 aliphatic carbocycles. The number of rotatable bonds is 3. The summed E-state index contributed by atoms with van der Waals surface area (Å²) >= 11 is 6.21. The fourth-order valence-corrected chi connectivity index (χ4v) is 3.86. The molecular formula is C21H20ClNO3. The van der Waals surface area contributed by atoms with Gasteiger partial charge in [-0.3, -0.25) is 4.79 Å². The number of para-hydroxylation sites is 1. The van der Waals surface area contributed by atoms with E-state index in [1.165, 1.54) is 5.56 Å². The van der Waals surface area contributed by atoms with Gasteiger partial charge >= 0.3 is 0 Å². The first kappa shape index (κ1) is 17.0. The second kappa shape index (κ2) is 6.69. The van der Waals surface area contributed by atoms with E-state index in [2.05, 4.69) is 12.1 Å². The van der Waals surface area contributed by atoms with Crippen molar-refractivity contribution in [2.45, 2.75) is 19.3 Å². The minimum atomic E-state index is -0.0641. The monoisotopic (exact) mass is 369 g/mol. The molecule has 4 nitrogen and oxygen atoms in total. The summed E-state index contributed by atoms with van der Waals surface area (Å²) in [5.74, 6) is 1.50. The third-order valence-corrected chi connectivity index (χ3v) is 5.47. The molecule has 5 heteroatoms. The third kappa shape index (κ3) is 2.84. The highest BCUT2D eigenvalue weighted by Gasteiger charge is 2.31. The highest BCUT2D eigenvalue weighted by molar-refractivity contribution is 6.35. The van der Waals surface area contributed by atoms with E-state index in [4.69, 9.17) is 20.8 Å². The standard InChI is InChI=1S/C21H20ClNO3/c1-13-17-4-3-5-18(22)20(17)26-19(13)21(24)23-11-10-15(12-23)14-6-8-16(25-2)9-7-14/h3-9,15H,10-12H2,1-2H3. The van der Waals surface area contributed by atoms with Crippen LogP contribution in [0.1, 0.15) is 34.0 Å². The van der Waals surface area contributed by atoms with E-state index in [0.29, 0.717) is 28.8 Å². The Morgan fingerprint density at radius 3 is 2.69 bits per heavy atom. The van der Waals surface area contributed by atoms with Crippen LogP contribution >= 0.6 is 11.6 Å². The highest BCUT2D eigenvalue weighted by Crippen LogP contribution is 2.34. The number of furan rings is 1. The molecule has 1 amide bonds. The number of carbonyl (C=O) groups is 1. The van der Waals surface area contributed by atoms with Gasteiger partial charge in [0.2, 0.25) is 0 Å². The van der Waals surface area contributed by atoms with Crippen molar-refractivity contribution < 1.29 is 13.9 Å².